The van der Waals surface area contributed by atoms with Crippen molar-refractivity contribution >= 4 is 5.91 Å². The number of hydrogen-bond donors (Lipinski definition) is 1. The number of likely N-dealkylation sites (tertiary alicyclic amines) is 1. The van der Waals surface area contributed by atoms with E-state index in [0.717, 1.165) is 36.7 Å². The van der Waals surface area contributed by atoms with Crippen LogP contribution >= 0.6 is 0 Å². The molecule has 2 heterocycles. The van der Waals surface area contributed by atoms with E-state index in [2.05, 4.69) is 29.3 Å². The van der Waals surface area contributed by atoms with E-state index in [1.165, 1.54) is 25.0 Å². The summed E-state index contributed by atoms with van der Waals surface area (Å²) in [6.07, 6.45) is 4.51. The average molecular weight is 469 g/mol. The van der Waals surface area contributed by atoms with Crippen molar-refractivity contribution in [2.45, 2.75) is 39.0 Å². The number of carbonyl (C=O) groups is 1. The Kier molecular flexibility index (Phi) is 8.22. The molecule has 2 aliphatic heterocycles. The Morgan fingerprint density at radius 3 is 2.68 bits per heavy atom. The van der Waals surface area contributed by atoms with Gasteiger partial charge in [0.25, 0.3) is 0 Å². The summed E-state index contributed by atoms with van der Waals surface area (Å²) in [7, 11) is 1.59. The second-order valence-electron chi connectivity index (χ2n) is 9.89. The Bertz CT molecular complexity index is 966. The predicted octanol–water partition coefficient (Wildman–Crippen LogP) is 4.69. The lowest BCUT2D eigenvalue weighted by Crippen LogP contribution is -2.48. The highest BCUT2D eigenvalue weighted by Gasteiger charge is 2.40. The van der Waals surface area contributed by atoms with Crippen molar-refractivity contribution in [2.24, 2.45) is 11.3 Å². The lowest BCUT2D eigenvalue weighted by atomic mass is 9.74. The first-order valence-corrected chi connectivity index (χ1v) is 12.5. The van der Waals surface area contributed by atoms with Crippen molar-refractivity contribution in [1.82, 2.24) is 10.2 Å². The van der Waals surface area contributed by atoms with Gasteiger partial charge in [0.05, 0.1) is 12.5 Å². The number of ether oxygens (including phenoxy) is 2. The highest BCUT2D eigenvalue weighted by atomic mass is 19.1. The molecular weight excluding hydrogens is 431 g/mol. The van der Waals surface area contributed by atoms with Crippen molar-refractivity contribution in [3.8, 4) is 16.9 Å². The van der Waals surface area contributed by atoms with Crippen LogP contribution in [-0.2, 0) is 16.0 Å². The van der Waals surface area contributed by atoms with Crippen molar-refractivity contribution < 1.29 is 18.7 Å². The van der Waals surface area contributed by atoms with Crippen molar-refractivity contribution in [1.29, 1.82) is 0 Å². The summed E-state index contributed by atoms with van der Waals surface area (Å²) in [4.78, 5) is 15.9. The van der Waals surface area contributed by atoms with Crippen LogP contribution in [0.4, 0.5) is 4.39 Å². The number of carbonyl (C=O) groups excluding carboxylic acids is 1. The minimum absolute atomic E-state index is 0.120. The van der Waals surface area contributed by atoms with E-state index in [1.807, 2.05) is 12.1 Å². The fraction of sp³-hybridized carbons (Fsp3) is 0.536. The van der Waals surface area contributed by atoms with E-state index in [1.54, 1.807) is 13.2 Å². The first-order valence-electron chi connectivity index (χ1n) is 12.5. The molecule has 0 radical (unpaired) electrons. The molecule has 2 fully saturated rings. The summed E-state index contributed by atoms with van der Waals surface area (Å²) in [5, 5.41) is 3.24. The monoisotopic (exact) mass is 468 g/mol. The third-order valence-electron chi connectivity index (χ3n) is 7.46. The molecule has 34 heavy (non-hydrogen) atoms. The number of hydrogen-bond acceptors (Lipinski definition) is 4. The van der Waals surface area contributed by atoms with Gasteiger partial charge in [-0.3, -0.25) is 4.79 Å². The average Bonchev–Trinajstić information content (AvgIpc) is 2.86. The molecule has 0 aromatic heterocycles. The van der Waals surface area contributed by atoms with Gasteiger partial charge >= 0.3 is 0 Å². The summed E-state index contributed by atoms with van der Waals surface area (Å²) < 4.78 is 25.0. The van der Waals surface area contributed by atoms with Crippen LogP contribution in [0.25, 0.3) is 11.1 Å². The molecule has 0 unspecified atom stereocenters. The smallest absolute Gasteiger partial charge is 0.226 e. The van der Waals surface area contributed by atoms with Crippen molar-refractivity contribution in [3.05, 3.63) is 53.8 Å². The molecule has 0 bridgehead atoms. The van der Waals surface area contributed by atoms with E-state index in [9.17, 15) is 9.18 Å². The number of nitrogens with one attached hydrogen (secondary N) is 1. The third kappa shape index (κ3) is 5.97. The molecule has 0 atom stereocenters. The molecule has 6 heteroatoms. The molecule has 1 N–H and O–H groups in total. The Morgan fingerprint density at radius 2 is 1.94 bits per heavy atom. The van der Waals surface area contributed by atoms with E-state index in [4.69, 9.17) is 9.47 Å². The molecule has 2 saturated heterocycles. The van der Waals surface area contributed by atoms with Crippen LogP contribution in [0, 0.1) is 17.2 Å². The molecule has 1 amide bonds. The second-order valence-corrected chi connectivity index (χ2v) is 9.89. The van der Waals surface area contributed by atoms with Crippen LogP contribution in [0.3, 0.4) is 0 Å². The van der Waals surface area contributed by atoms with Gasteiger partial charge in [0.1, 0.15) is 11.6 Å². The van der Waals surface area contributed by atoms with Gasteiger partial charge in [-0.2, -0.15) is 0 Å². The number of piperidine rings is 1. The Labute approximate surface area is 202 Å². The van der Waals surface area contributed by atoms with Crippen molar-refractivity contribution in [3.63, 3.8) is 0 Å². The van der Waals surface area contributed by atoms with Gasteiger partial charge in [-0.15, -0.1) is 0 Å². The molecular formula is C28H37FN2O3. The van der Waals surface area contributed by atoms with Crippen LogP contribution in [-0.4, -0.2) is 57.3 Å². The molecule has 0 aliphatic carbocycles. The molecule has 0 saturated carbocycles. The van der Waals surface area contributed by atoms with E-state index < -0.39 is 5.41 Å². The normalized spacial score (nSPS) is 19.0. The van der Waals surface area contributed by atoms with Gasteiger partial charge in [0.2, 0.25) is 5.91 Å². The van der Waals surface area contributed by atoms with Crippen LogP contribution < -0.4 is 10.1 Å². The van der Waals surface area contributed by atoms with Gasteiger partial charge in [-0.05, 0) is 80.4 Å². The topological polar surface area (TPSA) is 50.8 Å². The maximum absolute atomic E-state index is 14.0. The lowest BCUT2D eigenvalue weighted by molar-refractivity contribution is -0.136. The number of nitrogens with zero attached hydrogens (tertiary/aromatic N) is 1. The SMILES string of the molecule is COc1ccc(F)cc1-c1cccc(CC2(C(=O)NCCN3CCC(C)CC3)CCOCC2)c1. The van der Waals surface area contributed by atoms with Crippen LogP contribution in [0.2, 0.25) is 0 Å². The predicted molar refractivity (Wildman–Crippen MR) is 132 cm³/mol. The number of halogens is 1. The molecule has 184 valence electrons. The molecule has 2 aliphatic rings. The molecule has 5 nitrogen and oxygen atoms in total. The van der Waals surface area contributed by atoms with Gasteiger partial charge in [-0.1, -0.05) is 31.2 Å². The number of rotatable bonds is 8. The summed E-state index contributed by atoms with van der Waals surface area (Å²) in [5.41, 5.74) is 2.17. The quantitative estimate of drug-likeness (QED) is 0.611. The highest BCUT2D eigenvalue weighted by Crippen LogP contribution is 2.37. The van der Waals surface area contributed by atoms with Crippen LogP contribution in [0.5, 0.6) is 5.75 Å². The Morgan fingerprint density at radius 1 is 1.18 bits per heavy atom. The number of methoxy groups -OCH3 is 1. The van der Waals surface area contributed by atoms with E-state index in [-0.39, 0.29) is 11.7 Å². The molecule has 4 rings (SSSR count). The maximum atomic E-state index is 14.0. The second kappa shape index (κ2) is 11.3. The number of amides is 1. The fourth-order valence-corrected chi connectivity index (χ4v) is 5.19. The van der Waals surface area contributed by atoms with Crippen molar-refractivity contribution in [2.75, 3.05) is 46.5 Å². The fourth-order valence-electron chi connectivity index (χ4n) is 5.19. The maximum Gasteiger partial charge on any atom is 0.226 e. The summed E-state index contributed by atoms with van der Waals surface area (Å²) in [5.74, 6) is 1.25. The Hall–Kier alpha value is -2.44. The van der Waals surface area contributed by atoms with Gasteiger partial charge in [0, 0.05) is 31.9 Å². The van der Waals surface area contributed by atoms with E-state index in [0.29, 0.717) is 50.3 Å². The summed E-state index contributed by atoms with van der Waals surface area (Å²) >= 11 is 0. The summed E-state index contributed by atoms with van der Waals surface area (Å²) in [6.45, 7) is 7.31. The van der Waals surface area contributed by atoms with Crippen LogP contribution in [0.1, 0.15) is 38.2 Å². The van der Waals surface area contributed by atoms with E-state index >= 15 is 0 Å². The molecule has 2 aromatic carbocycles. The number of benzene rings is 2. The lowest BCUT2D eigenvalue weighted by Gasteiger charge is -2.36. The Balaban J connectivity index is 1.46. The zero-order valence-corrected chi connectivity index (χ0v) is 20.4. The minimum Gasteiger partial charge on any atom is -0.496 e. The minimum atomic E-state index is -0.487. The summed E-state index contributed by atoms with van der Waals surface area (Å²) in [6, 6.07) is 12.6. The molecule has 0 spiro atoms. The van der Waals surface area contributed by atoms with Crippen LogP contribution in [0.15, 0.2) is 42.5 Å². The van der Waals surface area contributed by atoms with Gasteiger partial charge in [0.15, 0.2) is 0 Å². The third-order valence-corrected chi connectivity index (χ3v) is 7.46. The first-order chi connectivity index (χ1) is 16.5. The zero-order valence-electron chi connectivity index (χ0n) is 20.4. The first kappa shape index (κ1) is 24.7. The zero-order chi connectivity index (χ0) is 24.0. The van der Waals surface area contributed by atoms with Gasteiger partial charge in [-0.25, -0.2) is 4.39 Å². The highest BCUT2D eigenvalue weighted by molar-refractivity contribution is 5.83. The standard InChI is InChI=1S/C28H37FN2O3/c1-21-8-13-31(14-9-21)15-12-30-27(32)28(10-16-34-17-11-28)20-22-4-3-5-23(18-22)25-19-24(29)6-7-26(25)33-2/h3-7,18-19,21H,8-17,20H2,1-2H3,(H,30,32). The molecule has 2 aromatic rings. The van der Waals surface area contributed by atoms with Gasteiger partial charge < -0.3 is 19.7 Å². The largest absolute Gasteiger partial charge is 0.496 e.